The summed E-state index contributed by atoms with van der Waals surface area (Å²) in [4.78, 5) is 0. The zero-order valence-corrected chi connectivity index (χ0v) is 12.4. The van der Waals surface area contributed by atoms with Crippen LogP contribution in [0.1, 0.15) is 38.3 Å². The fourth-order valence-electron chi connectivity index (χ4n) is 1.82. The molecular formula is C14H21Cl2NO. The van der Waals surface area contributed by atoms with Gasteiger partial charge in [-0.25, -0.2) is 0 Å². The fraction of sp³-hybridized carbons (Fsp3) is 0.571. The van der Waals surface area contributed by atoms with Gasteiger partial charge in [0.05, 0.1) is 0 Å². The first-order chi connectivity index (χ1) is 8.54. The Morgan fingerprint density at radius 3 is 2.67 bits per heavy atom. The smallest absolute Gasteiger partial charge is 0.0456 e. The maximum Gasteiger partial charge on any atom is 0.0456 e. The topological polar surface area (TPSA) is 32.3 Å². The molecule has 0 fully saturated rings. The van der Waals surface area contributed by atoms with Gasteiger partial charge < -0.3 is 10.4 Å². The van der Waals surface area contributed by atoms with Gasteiger partial charge in [-0.3, -0.25) is 0 Å². The zero-order valence-electron chi connectivity index (χ0n) is 10.9. The summed E-state index contributed by atoms with van der Waals surface area (Å²) in [7, 11) is 0. The lowest BCUT2D eigenvalue weighted by atomic mass is 10.1. The van der Waals surface area contributed by atoms with Gasteiger partial charge in [0.2, 0.25) is 0 Å². The van der Waals surface area contributed by atoms with Gasteiger partial charge in [-0.1, -0.05) is 30.1 Å². The third-order valence-corrected chi connectivity index (χ3v) is 3.64. The Hall–Kier alpha value is -0.280. The number of halogens is 2. The SMILES string of the molecule is CC(CO)CCCNC(C)c1cc(Cl)ccc1Cl. The Balaban J connectivity index is 2.40. The standard InChI is InChI=1S/C14H21Cl2NO/c1-10(9-18)4-3-7-17-11(2)13-8-12(15)5-6-14(13)16/h5-6,8,10-11,17-18H,3-4,7,9H2,1-2H3. The minimum atomic E-state index is 0.181. The largest absolute Gasteiger partial charge is 0.396 e. The number of rotatable bonds is 7. The first kappa shape index (κ1) is 15.8. The van der Waals surface area contributed by atoms with E-state index in [0.29, 0.717) is 10.9 Å². The Kier molecular flexibility index (Phi) is 7.02. The van der Waals surface area contributed by atoms with Crippen LogP contribution < -0.4 is 5.32 Å². The van der Waals surface area contributed by atoms with Crippen LogP contribution in [0.4, 0.5) is 0 Å². The van der Waals surface area contributed by atoms with Crippen molar-refractivity contribution in [2.45, 2.75) is 32.7 Å². The molecule has 0 radical (unpaired) electrons. The molecule has 1 aromatic carbocycles. The molecule has 0 aliphatic heterocycles. The number of aliphatic hydroxyl groups excluding tert-OH is 1. The molecule has 0 aliphatic rings. The molecule has 102 valence electrons. The Morgan fingerprint density at radius 1 is 1.28 bits per heavy atom. The minimum Gasteiger partial charge on any atom is -0.396 e. The molecule has 0 spiro atoms. The molecule has 2 unspecified atom stereocenters. The van der Waals surface area contributed by atoms with Crippen LogP contribution in [0.3, 0.4) is 0 Å². The Morgan fingerprint density at radius 2 is 2.00 bits per heavy atom. The third kappa shape index (κ3) is 5.15. The number of hydrogen-bond acceptors (Lipinski definition) is 2. The lowest BCUT2D eigenvalue weighted by molar-refractivity contribution is 0.227. The predicted molar refractivity (Wildman–Crippen MR) is 78.4 cm³/mol. The maximum absolute atomic E-state index is 8.94. The van der Waals surface area contributed by atoms with Gasteiger partial charge in [0, 0.05) is 22.7 Å². The summed E-state index contributed by atoms with van der Waals surface area (Å²) >= 11 is 12.1. The van der Waals surface area contributed by atoms with Crippen molar-refractivity contribution in [3.8, 4) is 0 Å². The minimum absolute atomic E-state index is 0.181. The molecule has 1 aromatic rings. The first-order valence-corrected chi connectivity index (χ1v) is 7.09. The number of aliphatic hydroxyl groups is 1. The number of hydrogen-bond donors (Lipinski definition) is 2. The van der Waals surface area contributed by atoms with Crippen LogP contribution in [-0.2, 0) is 0 Å². The third-order valence-electron chi connectivity index (χ3n) is 3.06. The van der Waals surface area contributed by atoms with E-state index in [0.717, 1.165) is 30.0 Å². The molecule has 0 bridgehead atoms. The van der Waals surface area contributed by atoms with Gasteiger partial charge in [0.15, 0.2) is 0 Å². The quantitative estimate of drug-likeness (QED) is 0.742. The molecule has 0 aromatic heterocycles. The molecule has 4 heteroatoms. The molecule has 0 saturated heterocycles. The van der Waals surface area contributed by atoms with Crippen LogP contribution in [0.25, 0.3) is 0 Å². The average molecular weight is 290 g/mol. The molecular weight excluding hydrogens is 269 g/mol. The monoisotopic (exact) mass is 289 g/mol. The van der Waals surface area contributed by atoms with E-state index in [9.17, 15) is 0 Å². The summed E-state index contributed by atoms with van der Waals surface area (Å²) in [5, 5.41) is 13.8. The summed E-state index contributed by atoms with van der Waals surface area (Å²) in [6, 6.07) is 5.70. The van der Waals surface area contributed by atoms with Gasteiger partial charge in [0.25, 0.3) is 0 Å². The lowest BCUT2D eigenvalue weighted by Gasteiger charge is -2.16. The number of nitrogens with one attached hydrogen (secondary N) is 1. The van der Waals surface area contributed by atoms with Crippen molar-refractivity contribution in [2.75, 3.05) is 13.2 Å². The van der Waals surface area contributed by atoms with Crippen molar-refractivity contribution in [3.63, 3.8) is 0 Å². The molecule has 1 rings (SSSR count). The molecule has 2 nitrogen and oxygen atoms in total. The summed E-state index contributed by atoms with van der Waals surface area (Å²) in [5.74, 6) is 0.372. The Bertz CT molecular complexity index is 371. The summed E-state index contributed by atoms with van der Waals surface area (Å²) in [6.45, 7) is 5.30. The van der Waals surface area contributed by atoms with Crippen LogP contribution in [-0.4, -0.2) is 18.3 Å². The molecule has 0 saturated carbocycles. The van der Waals surface area contributed by atoms with Crippen LogP contribution >= 0.6 is 23.2 Å². The normalized spacial score (nSPS) is 14.5. The van der Waals surface area contributed by atoms with Crippen molar-refractivity contribution < 1.29 is 5.11 Å². The molecule has 0 amide bonds. The average Bonchev–Trinajstić information content (AvgIpc) is 2.36. The van der Waals surface area contributed by atoms with Gasteiger partial charge >= 0.3 is 0 Å². The van der Waals surface area contributed by atoms with E-state index in [2.05, 4.69) is 19.2 Å². The van der Waals surface area contributed by atoms with E-state index in [1.54, 1.807) is 6.07 Å². The second-order valence-electron chi connectivity index (χ2n) is 4.77. The molecule has 2 atom stereocenters. The lowest BCUT2D eigenvalue weighted by Crippen LogP contribution is -2.20. The van der Waals surface area contributed by atoms with E-state index in [-0.39, 0.29) is 12.6 Å². The Labute approximate surface area is 119 Å². The van der Waals surface area contributed by atoms with Crippen molar-refractivity contribution >= 4 is 23.2 Å². The molecule has 0 heterocycles. The highest BCUT2D eigenvalue weighted by atomic mass is 35.5. The van der Waals surface area contributed by atoms with Crippen LogP contribution in [0.2, 0.25) is 10.0 Å². The van der Waals surface area contributed by atoms with Crippen LogP contribution in [0.5, 0.6) is 0 Å². The van der Waals surface area contributed by atoms with Crippen LogP contribution in [0.15, 0.2) is 18.2 Å². The van der Waals surface area contributed by atoms with Crippen molar-refractivity contribution in [3.05, 3.63) is 33.8 Å². The van der Waals surface area contributed by atoms with E-state index < -0.39 is 0 Å². The second-order valence-corrected chi connectivity index (χ2v) is 5.62. The highest BCUT2D eigenvalue weighted by Gasteiger charge is 2.09. The van der Waals surface area contributed by atoms with Gasteiger partial charge in [-0.2, -0.15) is 0 Å². The summed E-state index contributed by atoms with van der Waals surface area (Å²) < 4.78 is 0. The van der Waals surface area contributed by atoms with E-state index in [1.165, 1.54) is 0 Å². The zero-order chi connectivity index (χ0) is 13.5. The summed E-state index contributed by atoms with van der Waals surface area (Å²) in [6.07, 6.45) is 2.07. The highest BCUT2D eigenvalue weighted by Crippen LogP contribution is 2.26. The van der Waals surface area contributed by atoms with Gasteiger partial charge in [-0.15, -0.1) is 0 Å². The first-order valence-electron chi connectivity index (χ1n) is 6.33. The van der Waals surface area contributed by atoms with Crippen molar-refractivity contribution in [1.82, 2.24) is 5.32 Å². The van der Waals surface area contributed by atoms with Gasteiger partial charge in [-0.05, 0) is 56.0 Å². The van der Waals surface area contributed by atoms with E-state index >= 15 is 0 Å². The second kappa shape index (κ2) is 8.00. The predicted octanol–water partition coefficient (Wildman–Crippen LogP) is 4.05. The fourth-order valence-corrected chi connectivity index (χ4v) is 2.28. The maximum atomic E-state index is 8.94. The molecule has 0 aliphatic carbocycles. The highest BCUT2D eigenvalue weighted by molar-refractivity contribution is 6.33. The summed E-state index contributed by atoms with van der Waals surface area (Å²) in [5.41, 5.74) is 1.03. The van der Waals surface area contributed by atoms with Crippen molar-refractivity contribution in [1.29, 1.82) is 0 Å². The molecule has 2 N–H and O–H groups in total. The van der Waals surface area contributed by atoms with Gasteiger partial charge in [0.1, 0.15) is 0 Å². The van der Waals surface area contributed by atoms with Crippen molar-refractivity contribution in [2.24, 2.45) is 5.92 Å². The van der Waals surface area contributed by atoms with Crippen LogP contribution in [0, 0.1) is 5.92 Å². The molecule has 18 heavy (non-hydrogen) atoms. The van der Waals surface area contributed by atoms with E-state index in [1.807, 2.05) is 12.1 Å². The number of benzene rings is 1. The van der Waals surface area contributed by atoms with E-state index in [4.69, 9.17) is 28.3 Å².